The number of amides is 2. The second-order valence-electron chi connectivity index (χ2n) is 6.40. The maximum absolute atomic E-state index is 13.1. The molecule has 6 nitrogen and oxygen atoms in total. The lowest BCUT2D eigenvalue weighted by molar-refractivity contribution is -0.147. The second kappa shape index (κ2) is 6.05. The minimum absolute atomic E-state index is 0.0652. The highest BCUT2D eigenvalue weighted by molar-refractivity contribution is 7.12. The van der Waals surface area contributed by atoms with Crippen LogP contribution in [0.3, 0.4) is 0 Å². The Morgan fingerprint density at radius 2 is 1.88 bits per heavy atom. The predicted octanol–water partition coefficient (Wildman–Crippen LogP) is 1.81. The summed E-state index contributed by atoms with van der Waals surface area (Å²) in [7, 11) is 0. The molecule has 0 spiro atoms. The van der Waals surface area contributed by atoms with Gasteiger partial charge in [-0.2, -0.15) is 5.10 Å². The van der Waals surface area contributed by atoms with Crippen molar-refractivity contribution in [3.63, 3.8) is 0 Å². The fourth-order valence-corrected chi connectivity index (χ4v) is 4.20. The fourth-order valence-electron chi connectivity index (χ4n) is 3.51. The number of hydrogen-bond acceptors (Lipinski definition) is 4. The zero-order chi connectivity index (χ0) is 16.6. The number of piperidine rings is 1. The predicted molar refractivity (Wildman–Crippen MR) is 90.9 cm³/mol. The van der Waals surface area contributed by atoms with Crippen molar-refractivity contribution in [2.24, 2.45) is 0 Å². The Hall–Kier alpha value is -2.15. The molecule has 0 radical (unpaired) electrons. The van der Waals surface area contributed by atoms with Crippen LogP contribution in [0.25, 0.3) is 0 Å². The maximum atomic E-state index is 13.1. The highest BCUT2D eigenvalue weighted by Crippen LogP contribution is 2.34. The van der Waals surface area contributed by atoms with Crippen molar-refractivity contribution in [3.8, 4) is 0 Å². The SMILES string of the molecule is O=C(c1cccs1)N1CCC(C(=O)N2CCC2)(n2cccn2)CC1. The van der Waals surface area contributed by atoms with E-state index in [1.165, 1.54) is 11.3 Å². The van der Waals surface area contributed by atoms with Crippen LogP contribution in [-0.4, -0.2) is 57.6 Å². The molecule has 0 saturated carbocycles. The maximum Gasteiger partial charge on any atom is 0.263 e. The molecule has 2 amide bonds. The largest absolute Gasteiger partial charge is 0.340 e. The third-order valence-corrected chi connectivity index (χ3v) is 5.95. The summed E-state index contributed by atoms with van der Waals surface area (Å²) in [4.78, 5) is 30.2. The molecular formula is C17H20N4O2S. The normalized spacial score (nSPS) is 19.8. The highest BCUT2D eigenvalue weighted by Gasteiger charge is 2.47. The van der Waals surface area contributed by atoms with E-state index in [2.05, 4.69) is 5.10 Å². The number of likely N-dealkylation sites (tertiary alicyclic amines) is 2. The topological polar surface area (TPSA) is 58.4 Å². The van der Waals surface area contributed by atoms with E-state index in [9.17, 15) is 9.59 Å². The zero-order valence-corrected chi connectivity index (χ0v) is 14.2. The van der Waals surface area contributed by atoms with E-state index < -0.39 is 5.54 Å². The first-order valence-corrected chi connectivity index (χ1v) is 9.21. The Kier molecular flexibility index (Phi) is 3.88. The molecule has 0 aliphatic carbocycles. The molecule has 2 aliphatic rings. The first-order valence-electron chi connectivity index (χ1n) is 8.33. The van der Waals surface area contributed by atoms with Crippen LogP contribution in [0.15, 0.2) is 36.0 Å². The van der Waals surface area contributed by atoms with Crippen LogP contribution in [0.2, 0.25) is 0 Å². The van der Waals surface area contributed by atoms with Gasteiger partial charge < -0.3 is 9.80 Å². The van der Waals surface area contributed by atoms with Gasteiger partial charge in [0.2, 0.25) is 0 Å². The monoisotopic (exact) mass is 344 g/mol. The number of rotatable bonds is 3. The molecule has 2 aromatic heterocycles. The third-order valence-electron chi connectivity index (χ3n) is 5.09. The lowest BCUT2D eigenvalue weighted by atomic mass is 9.85. The van der Waals surface area contributed by atoms with Gasteiger partial charge in [-0.1, -0.05) is 6.07 Å². The lowest BCUT2D eigenvalue weighted by Gasteiger charge is -2.45. The summed E-state index contributed by atoms with van der Waals surface area (Å²) < 4.78 is 1.81. The average molecular weight is 344 g/mol. The van der Waals surface area contributed by atoms with Crippen molar-refractivity contribution in [2.45, 2.75) is 24.8 Å². The van der Waals surface area contributed by atoms with E-state index >= 15 is 0 Å². The first-order chi connectivity index (χ1) is 11.7. The zero-order valence-electron chi connectivity index (χ0n) is 13.4. The summed E-state index contributed by atoms with van der Waals surface area (Å²) in [6, 6.07) is 5.60. The van der Waals surface area contributed by atoms with Crippen LogP contribution in [0.5, 0.6) is 0 Å². The van der Waals surface area contributed by atoms with Crippen molar-refractivity contribution in [1.29, 1.82) is 0 Å². The van der Waals surface area contributed by atoms with Gasteiger partial charge in [-0.05, 0) is 36.8 Å². The average Bonchev–Trinajstić information content (AvgIpc) is 3.26. The summed E-state index contributed by atoms with van der Waals surface area (Å²) in [6.45, 7) is 2.83. The van der Waals surface area contributed by atoms with Gasteiger partial charge in [0.15, 0.2) is 0 Å². The quantitative estimate of drug-likeness (QED) is 0.853. The summed E-state index contributed by atoms with van der Waals surface area (Å²) in [5.74, 6) is 0.219. The van der Waals surface area contributed by atoms with Gasteiger partial charge in [-0.3, -0.25) is 14.3 Å². The molecule has 2 fully saturated rings. The van der Waals surface area contributed by atoms with Gasteiger partial charge in [-0.25, -0.2) is 0 Å². The minimum Gasteiger partial charge on any atom is -0.340 e. The highest BCUT2D eigenvalue weighted by atomic mass is 32.1. The van der Waals surface area contributed by atoms with E-state index in [1.54, 1.807) is 10.9 Å². The number of aromatic nitrogens is 2. The molecule has 0 bridgehead atoms. The molecule has 4 heterocycles. The Bertz CT molecular complexity index is 714. The molecule has 7 heteroatoms. The van der Waals surface area contributed by atoms with Crippen LogP contribution in [0, 0.1) is 0 Å². The first kappa shape index (κ1) is 15.4. The van der Waals surface area contributed by atoms with Gasteiger partial charge >= 0.3 is 0 Å². The van der Waals surface area contributed by atoms with Crippen molar-refractivity contribution >= 4 is 23.2 Å². The molecule has 0 atom stereocenters. The summed E-state index contributed by atoms with van der Waals surface area (Å²) >= 11 is 1.46. The van der Waals surface area contributed by atoms with E-state index in [0.29, 0.717) is 25.9 Å². The van der Waals surface area contributed by atoms with E-state index in [-0.39, 0.29) is 11.8 Å². The number of nitrogens with zero attached hydrogens (tertiary/aromatic N) is 4. The summed E-state index contributed by atoms with van der Waals surface area (Å²) in [6.07, 6.45) is 5.88. The van der Waals surface area contributed by atoms with E-state index in [4.69, 9.17) is 0 Å². The molecule has 4 rings (SSSR count). The van der Waals surface area contributed by atoms with Gasteiger partial charge in [0, 0.05) is 38.6 Å². The number of carbonyl (C=O) groups is 2. The van der Waals surface area contributed by atoms with Crippen molar-refractivity contribution in [2.75, 3.05) is 26.2 Å². The molecule has 2 saturated heterocycles. The molecular weight excluding hydrogens is 324 g/mol. The van der Waals surface area contributed by atoms with Crippen molar-refractivity contribution in [3.05, 3.63) is 40.8 Å². The summed E-state index contributed by atoms with van der Waals surface area (Å²) in [5.41, 5.74) is -0.643. The van der Waals surface area contributed by atoms with E-state index in [1.807, 2.05) is 39.6 Å². The molecule has 0 unspecified atom stereocenters. The number of carbonyl (C=O) groups excluding carboxylic acids is 2. The van der Waals surface area contributed by atoms with Crippen LogP contribution in [0.4, 0.5) is 0 Å². The Morgan fingerprint density at radius 3 is 2.42 bits per heavy atom. The Morgan fingerprint density at radius 1 is 1.08 bits per heavy atom. The standard InChI is InChI=1S/C17H20N4O2S/c22-15(14-4-1-13-24-14)19-11-5-17(6-12-19,21-10-2-7-18-21)16(23)20-8-3-9-20/h1-2,4,7,10,13H,3,5-6,8-9,11-12H2. The van der Waals surface area contributed by atoms with Crippen molar-refractivity contribution < 1.29 is 9.59 Å². The van der Waals surface area contributed by atoms with Gasteiger partial charge in [-0.15, -0.1) is 11.3 Å². The van der Waals surface area contributed by atoms with E-state index in [0.717, 1.165) is 24.4 Å². The molecule has 126 valence electrons. The van der Waals surface area contributed by atoms with Crippen LogP contribution < -0.4 is 0 Å². The number of hydrogen-bond donors (Lipinski definition) is 0. The molecule has 2 aromatic rings. The van der Waals surface area contributed by atoms with Crippen molar-refractivity contribution in [1.82, 2.24) is 19.6 Å². The van der Waals surface area contributed by atoms with Gasteiger partial charge in [0.25, 0.3) is 11.8 Å². The van der Waals surface area contributed by atoms with Crippen LogP contribution >= 0.6 is 11.3 Å². The lowest BCUT2D eigenvalue weighted by Crippen LogP contribution is -2.59. The fraction of sp³-hybridized carbons (Fsp3) is 0.471. The van der Waals surface area contributed by atoms with Crippen LogP contribution in [-0.2, 0) is 10.3 Å². The van der Waals surface area contributed by atoms with Crippen LogP contribution in [0.1, 0.15) is 28.9 Å². The molecule has 2 aliphatic heterocycles. The molecule has 24 heavy (non-hydrogen) atoms. The minimum atomic E-state index is -0.643. The molecule has 0 N–H and O–H groups in total. The number of thiophene rings is 1. The smallest absolute Gasteiger partial charge is 0.263 e. The summed E-state index contributed by atoms with van der Waals surface area (Å²) in [5, 5.41) is 6.28. The Labute approximate surface area is 144 Å². The van der Waals surface area contributed by atoms with Gasteiger partial charge in [0.1, 0.15) is 5.54 Å². The Balaban J connectivity index is 1.55. The second-order valence-corrected chi connectivity index (χ2v) is 7.35. The molecule has 0 aromatic carbocycles. The van der Waals surface area contributed by atoms with Gasteiger partial charge in [0.05, 0.1) is 4.88 Å². The third kappa shape index (κ3) is 2.43.